The number of likely N-dealkylation sites (tertiary alicyclic amines) is 1. The second kappa shape index (κ2) is 9.06. The molecule has 0 spiro atoms. The first kappa shape index (κ1) is 22.2. The number of amides is 1. The molecule has 3 atom stereocenters. The molecule has 1 unspecified atom stereocenters. The number of pyridine rings is 1. The maximum Gasteiger partial charge on any atom is 0.410 e. The summed E-state index contributed by atoms with van der Waals surface area (Å²) in [6, 6.07) is 23.5. The summed E-state index contributed by atoms with van der Waals surface area (Å²) in [5.41, 5.74) is 4.89. The number of carbonyl (C=O) groups is 1. The summed E-state index contributed by atoms with van der Waals surface area (Å²) in [6.07, 6.45) is 2.33. The second-order valence-corrected chi connectivity index (χ2v) is 9.85. The lowest BCUT2D eigenvalue weighted by atomic mass is 9.79. The van der Waals surface area contributed by atoms with Crippen LogP contribution in [0.25, 0.3) is 10.9 Å². The number of aromatic nitrogens is 1. The van der Waals surface area contributed by atoms with E-state index in [1.54, 1.807) is 6.20 Å². The normalized spacial score (nSPS) is 20.7. The topological polar surface area (TPSA) is 54.5 Å². The zero-order chi connectivity index (χ0) is 23.9. The number of anilines is 1. The molecule has 176 valence electrons. The second-order valence-electron chi connectivity index (χ2n) is 9.03. The van der Waals surface area contributed by atoms with Gasteiger partial charge in [-0.2, -0.15) is 0 Å². The van der Waals surface area contributed by atoms with Gasteiger partial charge in [-0.3, -0.25) is 4.98 Å². The van der Waals surface area contributed by atoms with Gasteiger partial charge in [0, 0.05) is 29.6 Å². The van der Waals surface area contributed by atoms with E-state index in [2.05, 4.69) is 22.4 Å². The van der Waals surface area contributed by atoms with Gasteiger partial charge in [0.15, 0.2) is 0 Å². The molecule has 0 aliphatic carbocycles. The van der Waals surface area contributed by atoms with Gasteiger partial charge in [-0.15, -0.1) is 0 Å². The fourth-order valence-electron chi connectivity index (χ4n) is 5.43. The van der Waals surface area contributed by atoms with E-state index in [-0.39, 0.29) is 30.7 Å². The van der Waals surface area contributed by atoms with Crippen LogP contribution < -0.4 is 5.32 Å². The molecule has 1 fully saturated rings. The van der Waals surface area contributed by atoms with Crippen molar-refractivity contribution in [3.63, 3.8) is 0 Å². The van der Waals surface area contributed by atoms with Crippen LogP contribution >= 0.6 is 23.2 Å². The van der Waals surface area contributed by atoms with Crippen LogP contribution in [0.5, 0.6) is 0 Å². The molecule has 7 heteroatoms. The summed E-state index contributed by atoms with van der Waals surface area (Å²) in [5.74, 6) is 0.144. The van der Waals surface area contributed by atoms with Crippen LogP contribution in [-0.2, 0) is 11.3 Å². The van der Waals surface area contributed by atoms with Gasteiger partial charge < -0.3 is 15.0 Å². The van der Waals surface area contributed by atoms with Crippen molar-refractivity contribution in [2.75, 3.05) is 11.9 Å². The number of nitrogens with one attached hydrogen (secondary N) is 1. The van der Waals surface area contributed by atoms with Crippen LogP contribution in [0.15, 0.2) is 79.0 Å². The third-order valence-corrected chi connectivity index (χ3v) is 7.78. The summed E-state index contributed by atoms with van der Waals surface area (Å²) in [6.45, 7) is 0.857. The number of ether oxygens (including phenoxy) is 1. The molecule has 6 rings (SSSR count). The van der Waals surface area contributed by atoms with Crippen molar-refractivity contribution in [3.8, 4) is 0 Å². The van der Waals surface area contributed by atoms with Gasteiger partial charge in [0.1, 0.15) is 6.61 Å². The van der Waals surface area contributed by atoms with Gasteiger partial charge in [-0.25, -0.2) is 4.79 Å². The predicted molar refractivity (Wildman–Crippen MR) is 139 cm³/mol. The van der Waals surface area contributed by atoms with Crippen molar-refractivity contribution in [2.45, 2.75) is 25.1 Å². The van der Waals surface area contributed by atoms with E-state index in [4.69, 9.17) is 27.9 Å². The highest BCUT2D eigenvalue weighted by atomic mass is 35.5. The number of carbonyl (C=O) groups excluding carboxylic acids is 1. The molecule has 4 aromatic rings. The highest BCUT2D eigenvalue weighted by Crippen LogP contribution is 2.53. The number of hydrogen-bond donors (Lipinski definition) is 1. The van der Waals surface area contributed by atoms with Crippen LogP contribution in [0, 0.1) is 5.92 Å². The van der Waals surface area contributed by atoms with Crippen molar-refractivity contribution in [1.82, 2.24) is 9.88 Å². The molecule has 0 radical (unpaired) electrons. The Hall–Kier alpha value is -3.28. The zero-order valence-corrected chi connectivity index (χ0v) is 20.3. The Bertz CT molecular complexity index is 1410. The molecule has 0 saturated carbocycles. The first-order chi connectivity index (χ1) is 17.1. The molecule has 3 aromatic carbocycles. The van der Waals surface area contributed by atoms with Crippen LogP contribution in [0.4, 0.5) is 10.5 Å². The maximum atomic E-state index is 13.3. The number of nitrogens with zero attached hydrogens (tertiary/aromatic N) is 2. The number of hydrogen-bond acceptors (Lipinski definition) is 4. The lowest BCUT2D eigenvalue weighted by Crippen LogP contribution is -2.38. The number of rotatable bonds is 3. The van der Waals surface area contributed by atoms with Crippen LogP contribution in [0.2, 0.25) is 10.0 Å². The SMILES string of the molecule is O=C(OCc1ccccc1)N1CC[C@H]2C(c3ccc(Cl)c(Cl)c3)Nc3c(ccc4cccnc34)[C@@H]21. The third-order valence-electron chi connectivity index (χ3n) is 7.04. The van der Waals surface area contributed by atoms with Crippen LogP contribution in [0.3, 0.4) is 0 Å². The Morgan fingerprint density at radius 3 is 2.71 bits per heavy atom. The van der Waals surface area contributed by atoms with Crippen LogP contribution in [0.1, 0.15) is 35.2 Å². The highest BCUT2D eigenvalue weighted by molar-refractivity contribution is 6.42. The van der Waals surface area contributed by atoms with Gasteiger partial charge in [-0.1, -0.05) is 77.8 Å². The Morgan fingerprint density at radius 1 is 1.03 bits per heavy atom. The Balaban J connectivity index is 1.40. The zero-order valence-electron chi connectivity index (χ0n) is 18.8. The monoisotopic (exact) mass is 503 g/mol. The Morgan fingerprint density at radius 2 is 1.89 bits per heavy atom. The molecule has 3 heterocycles. The minimum absolute atomic E-state index is 0.0539. The molecule has 1 saturated heterocycles. The molecule has 0 bridgehead atoms. The van der Waals surface area contributed by atoms with E-state index in [0.29, 0.717) is 16.6 Å². The fourth-order valence-corrected chi connectivity index (χ4v) is 5.74. The smallest absolute Gasteiger partial charge is 0.410 e. The largest absolute Gasteiger partial charge is 0.445 e. The van der Waals surface area contributed by atoms with Crippen molar-refractivity contribution >= 4 is 45.9 Å². The minimum atomic E-state index is -0.303. The van der Waals surface area contributed by atoms with E-state index in [0.717, 1.165) is 39.7 Å². The van der Waals surface area contributed by atoms with Gasteiger partial charge in [0.2, 0.25) is 0 Å². The fraction of sp³-hybridized carbons (Fsp3) is 0.214. The summed E-state index contributed by atoms with van der Waals surface area (Å²) in [4.78, 5) is 19.9. The van der Waals surface area contributed by atoms with E-state index in [1.807, 2.05) is 65.6 Å². The van der Waals surface area contributed by atoms with Gasteiger partial charge in [0.25, 0.3) is 0 Å². The Kier molecular flexibility index (Phi) is 5.75. The standard InChI is InChI=1S/C28H23Cl2N3O2/c29-22-11-9-19(15-23(22)30)24-21-12-14-33(28(34)35-16-17-5-2-1-3-6-17)27(21)20-10-8-18-7-4-13-31-25(18)26(20)32-24/h1-11,13,15,21,24,27,32H,12,14,16H2/t21-,24?,27-/m0/s1. The van der Waals surface area contributed by atoms with Gasteiger partial charge >= 0.3 is 6.09 Å². The summed E-state index contributed by atoms with van der Waals surface area (Å²) in [5, 5.41) is 5.83. The van der Waals surface area contributed by atoms with E-state index in [1.165, 1.54) is 0 Å². The molecule has 1 N–H and O–H groups in total. The van der Waals surface area contributed by atoms with Gasteiger partial charge in [0.05, 0.1) is 33.3 Å². The minimum Gasteiger partial charge on any atom is -0.445 e. The average Bonchev–Trinajstić information content (AvgIpc) is 3.34. The molecule has 1 amide bonds. The molecule has 2 aliphatic rings. The number of fused-ring (bicyclic) bond motifs is 5. The average molecular weight is 504 g/mol. The van der Waals surface area contributed by atoms with Crippen molar-refractivity contribution in [3.05, 3.63) is 106 Å². The van der Waals surface area contributed by atoms with Crippen molar-refractivity contribution in [2.24, 2.45) is 5.92 Å². The Labute approximate surface area is 213 Å². The third kappa shape index (κ3) is 3.99. The van der Waals surface area contributed by atoms with E-state index >= 15 is 0 Å². The van der Waals surface area contributed by atoms with Crippen molar-refractivity contribution in [1.29, 1.82) is 0 Å². The number of halogens is 2. The summed E-state index contributed by atoms with van der Waals surface area (Å²) >= 11 is 12.6. The number of benzene rings is 3. The molecule has 35 heavy (non-hydrogen) atoms. The molecular formula is C28H23Cl2N3O2. The summed E-state index contributed by atoms with van der Waals surface area (Å²) in [7, 11) is 0. The molecule has 2 aliphatic heterocycles. The first-order valence-corrected chi connectivity index (χ1v) is 12.4. The quantitative estimate of drug-likeness (QED) is 0.316. The first-order valence-electron chi connectivity index (χ1n) is 11.7. The summed E-state index contributed by atoms with van der Waals surface area (Å²) < 4.78 is 5.75. The van der Waals surface area contributed by atoms with E-state index < -0.39 is 0 Å². The molecule has 5 nitrogen and oxygen atoms in total. The van der Waals surface area contributed by atoms with Gasteiger partial charge in [-0.05, 0) is 35.7 Å². The molecule has 1 aromatic heterocycles. The lowest BCUT2D eigenvalue weighted by molar-refractivity contribution is 0.0865. The van der Waals surface area contributed by atoms with Crippen LogP contribution in [-0.4, -0.2) is 22.5 Å². The predicted octanol–water partition coefficient (Wildman–Crippen LogP) is 7.41. The maximum absolute atomic E-state index is 13.3. The molecular weight excluding hydrogens is 481 g/mol. The van der Waals surface area contributed by atoms with Crippen molar-refractivity contribution < 1.29 is 9.53 Å². The lowest BCUT2D eigenvalue weighted by Gasteiger charge is -2.40. The van der Waals surface area contributed by atoms with E-state index in [9.17, 15) is 4.79 Å². The highest BCUT2D eigenvalue weighted by Gasteiger charge is 2.47.